The van der Waals surface area contributed by atoms with Gasteiger partial charge in [-0.2, -0.15) is 0 Å². The molecule has 4 heteroatoms. The van der Waals surface area contributed by atoms with E-state index in [4.69, 9.17) is 4.74 Å². The van der Waals surface area contributed by atoms with Gasteiger partial charge in [-0.3, -0.25) is 4.79 Å². The minimum absolute atomic E-state index is 0.105. The Kier molecular flexibility index (Phi) is 5.98. The van der Waals surface area contributed by atoms with E-state index in [1.807, 2.05) is 36.4 Å². The fourth-order valence-electron chi connectivity index (χ4n) is 3.97. The second-order valence-electron chi connectivity index (χ2n) is 7.83. The third kappa shape index (κ3) is 4.57. The Bertz CT molecular complexity index is 707. The van der Waals surface area contributed by atoms with Crippen molar-refractivity contribution in [2.45, 2.75) is 37.9 Å². The molecule has 144 valence electrons. The molecular formula is C23H29NO3. The minimum Gasteiger partial charge on any atom is -0.842 e. The van der Waals surface area contributed by atoms with Crippen LogP contribution in [-0.2, 0) is 15.1 Å². The standard InChI is InChI=1S/C23H29NO3/c1-3-24(2)16-10-15-21(18-24)27-22(25)17-23(26,19-11-6-4-7-12-19)20-13-8-5-9-14-20/h4-9,11-14,21H,3,10,15-18H2,1-2H3. The van der Waals surface area contributed by atoms with Crippen LogP contribution in [0.3, 0.4) is 0 Å². The fourth-order valence-corrected chi connectivity index (χ4v) is 3.97. The maximum absolute atomic E-state index is 13.8. The number of carbonyl (C=O) groups is 1. The predicted octanol–water partition coefficient (Wildman–Crippen LogP) is 2.85. The number of rotatable bonds is 6. The molecule has 2 atom stereocenters. The largest absolute Gasteiger partial charge is 0.842 e. The summed E-state index contributed by atoms with van der Waals surface area (Å²) in [4.78, 5) is 12.7. The van der Waals surface area contributed by atoms with Crippen molar-refractivity contribution in [2.75, 3.05) is 26.7 Å². The van der Waals surface area contributed by atoms with Crippen molar-refractivity contribution in [1.82, 2.24) is 0 Å². The molecule has 0 N–H and O–H groups in total. The molecule has 0 aliphatic carbocycles. The Balaban J connectivity index is 1.78. The molecule has 0 aromatic heterocycles. The number of esters is 1. The fraction of sp³-hybridized carbons (Fsp3) is 0.435. The van der Waals surface area contributed by atoms with Crippen LogP contribution in [0.4, 0.5) is 0 Å². The maximum Gasteiger partial charge on any atom is 0.306 e. The highest BCUT2D eigenvalue weighted by Gasteiger charge is 2.33. The maximum atomic E-state index is 13.8. The molecule has 0 radical (unpaired) electrons. The first kappa shape index (κ1) is 19.6. The van der Waals surface area contributed by atoms with Crippen LogP contribution in [0.1, 0.15) is 37.3 Å². The van der Waals surface area contributed by atoms with E-state index < -0.39 is 11.6 Å². The van der Waals surface area contributed by atoms with E-state index in [-0.39, 0.29) is 12.5 Å². The Morgan fingerprint density at radius 1 is 1.11 bits per heavy atom. The predicted molar refractivity (Wildman–Crippen MR) is 104 cm³/mol. The first-order valence-electron chi connectivity index (χ1n) is 9.80. The second kappa shape index (κ2) is 8.24. The number of benzene rings is 2. The molecule has 0 spiro atoms. The zero-order chi connectivity index (χ0) is 19.3. The number of hydrogen-bond donors (Lipinski definition) is 0. The molecule has 4 nitrogen and oxygen atoms in total. The van der Waals surface area contributed by atoms with Crippen LogP contribution in [0.5, 0.6) is 0 Å². The van der Waals surface area contributed by atoms with Gasteiger partial charge in [0.1, 0.15) is 6.54 Å². The average Bonchev–Trinajstić information content (AvgIpc) is 2.69. The number of likely N-dealkylation sites (N-methyl/N-ethyl adjacent to an activating group) is 1. The topological polar surface area (TPSA) is 49.4 Å². The van der Waals surface area contributed by atoms with Crippen LogP contribution in [0, 0.1) is 0 Å². The Morgan fingerprint density at radius 2 is 1.67 bits per heavy atom. The molecule has 1 aliphatic rings. The number of likely N-dealkylation sites (tertiary alicyclic amines) is 1. The highest BCUT2D eigenvalue weighted by Crippen LogP contribution is 2.31. The third-order valence-electron chi connectivity index (χ3n) is 5.80. The lowest BCUT2D eigenvalue weighted by atomic mass is 9.83. The van der Waals surface area contributed by atoms with Gasteiger partial charge in [0.25, 0.3) is 0 Å². The smallest absolute Gasteiger partial charge is 0.306 e. The van der Waals surface area contributed by atoms with Gasteiger partial charge in [-0.05, 0) is 13.3 Å². The van der Waals surface area contributed by atoms with Crippen molar-refractivity contribution < 1.29 is 19.1 Å². The van der Waals surface area contributed by atoms with Gasteiger partial charge in [0, 0.05) is 12.8 Å². The van der Waals surface area contributed by atoms with Crippen molar-refractivity contribution in [3.63, 3.8) is 0 Å². The lowest BCUT2D eigenvalue weighted by Crippen LogP contribution is -2.54. The third-order valence-corrected chi connectivity index (χ3v) is 5.80. The van der Waals surface area contributed by atoms with Gasteiger partial charge in [0.05, 0.1) is 20.1 Å². The lowest BCUT2D eigenvalue weighted by Gasteiger charge is -2.42. The van der Waals surface area contributed by atoms with Gasteiger partial charge in [0.2, 0.25) is 0 Å². The van der Waals surface area contributed by atoms with Crippen LogP contribution < -0.4 is 5.11 Å². The summed E-state index contributed by atoms with van der Waals surface area (Å²) < 4.78 is 6.69. The normalized spacial score (nSPS) is 23.0. The molecule has 2 unspecified atom stereocenters. The summed E-state index contributed by atoms with van der Waals surface area (Å²) in [6, 6.07) is 18.2. The Labute approximate surface area is 162 Å². The van der Waals surface area contributed by atoms with Crippen molar-refractivity contribution in [3.05, 3.63) is 71.8 Å². The Morgan fingerprint density at radius 3 is 2.19 bits per heavy atom. The number of piperidine rings is 1. The van der Waals surface area contributed by atoms with Gasteiger partial charge >= 0.3 is 5.97 Å². The van der Waals surface area contributed by atoms with E-state index in [2.05, 4.69) is 14.0 Å². The molecular weight excluding hydrogens is 338 g/mol. The van der Waals surface area contributed by atoms with Gasteiger partial charge in [0.15, 0.2) is 6.10 Å². The first-order chi connectivity index (χ1) is 13.0. The lowest BCUT2D eigenvalue weighted by molar-refractivity contribution is -0.915. The average molecular weight is 367 g/mol. The van der Waals surface area contributed by atoms with Gasteiger partial charge in [-0.25, -0.2) is 0 Å². The van der Waals surface area contributed by atoms with Gasteiger partial charge in [-0.15, -0.1) is 0 Å². The number of ether oxygens (including phenoxy) is 1. The zero-order valence-electron chi connectivity index (χ0n) is 16.3. The minimum atomic E-state index is -1.64. The molecule has 2 aromatic carbocycles. The van der Waals surface area contributed by atoms with Gasteiger partial charge < -0.3 is 14.3 Å². The molecule has 0 amide bonds. The molecule has 2 aromatic rings. The van der Waals surface area contributed by atoms with Gasteiger partial charge in [-0.1, -0.05) is 77.4 Å². The summed E-state index contributed by atoms with van der Waals surface area (Å²) in [7, 11) is 2.20. The summed E-state index contributed by atoms with van der Waals surface area (Å²) in [5.41, 5.74) is -0.464. The van der Waals surface area contributed by atoms with E-state index in [0.29, 0.717) is 11.1 Å². The molecule has 0 bridgehead atoms. The van der Waals surface area contributed by atoms with Crippen LogP contribution in [0.15, 0.2) is 60.7 Å². The number of hydrogen-bond acceptors (Lipinski definition) is 3. The molecule has 27 heavy (non-hydrogen) atoms. The summed E-state index contributed by atoms with van der Waals surface area (Å²) in [5, 5.41) is 13.8. The summed E-state index contributed by atoms with van der Waals surface area (Å²) in [6.45, 7) is 5.13. The van der Waals surface area contributed by atoms with Crippen molar-refractivity contribution in [1.29, 1.82) is 0 Å². The van der Waals surface area contributed by atoms with Crippen molar-refractivity contribution >= 4 is 5.97 Å². The van der Waals surface area contributed by atoms with Crippen molar-refractivity contribution in [2.24, 2.45) is 0 Å². The quantitative estimate of drug-likeness (QED) is 0.583. The van der Waals surface area contributed by atoms with E-state index in [1.54, 1.807) is 24.3 Å². The number of nitrogens with zero attached hydrogens (tertiary/aromatic N) is 1. The van der Waals surface area contributed by atoms with Crippen molar-refractivity contribution in [3.8, 4) is 0 Å². The van der Waals surface area contributed by atoms with Crippen LogP contribution in [-0.4, -0.2) is 43.2 Å². The van der Waals surface area contributed by atoms with E-state index in [0.717, 1.165) is 37.0 Å². The molecule has 3 rings (SSSR count). The van der Waals surface area contributed by atoms with Crippen LogP contribution >= 0.6 is 0 Å². The SMILES string of the molecule is CC[N+]1(C)CCCC(OC(=O)CC([O-])(c2ccccc2)c2ccccc2)C1. The summed E-state index contributed by atoms with van der Waals surface area (Å²) >= 11 is 0. The van der Waals surface area contributed by atoms with Crippen LogP contribution in [0.25, 0.3) is 0 Å². The summed E-state index contributed by atoms with van der Waals surface area (Å²) in [6.07, 6.45) is 1.62. The second-order valence-corrected chi connectivity index (χ2v) is 7.83. The molecule has 1 fully saturated rings. The molecule has 1 saturated heterocycles. The first-order valence-corrected chi connectivity index (χ1v) is 9.80. The highest BCUT2D eigenvalue weighted by atomic mass is 16.5. The molecule has 1 aliphatic heterocycles. The van der Waals surface area contributed by atoms with E-state index in [9.17, 15) is 9.90 Å². The zero-order valence-corrected chi connectivity index (χ0v) is 16.3. The molecule has 0 saturated carbocycles. The summed E-state index contributed by atoms with van der Waals surface area (Å²) in [5.74, 6) is -0.410. The molecule has 1 heterocycles. The van der Waals surface area contributed by atoms with E-state index >= 15 is 0 Å². The van der Waals surface area contributed by atoms with Crippen LogP contribution in [0.2, 0.25) is 0 Å². The Hall–Kier alpha value is -2.17. The highest BCUT2D eigenvalue weighted by molar-refractivity contribution is 5.72. The monoisotopic (exact) mass is 367 g/mol. The number of quaternary nitrogens is 1. The van der Waals surface area contributed by atoms with E-state index in [1.165, 1.54) is 0 Å². The number of carbonyl (C=O) groups excluding carboxylic acids is 1.